The Morgan fingerprint density at radius 2 is 1.26 bits per heavy atom. The zero-order chi connectivity index (χ0) is 43.8. The van der Waals surface area contributed by atoms with Gasteiger partial charge in [-0.3, -0.25) is 43.2 Å². The fraction of sp³-hybridized carbons (Fsp3) is 0.649. The highest BCUT2D eigenvalue weighted by atomic mass is 16.4. The summed E-state index contributed by atoms with van der Waals surface area (Å²) in [7, 11) is 0. The van der Waals surface area contributed by atoms with Crippen molar-refractivity contribution in [3.8, 4) is 0 Å². The first kappa shape index (κ1) is 50.6. The zero-order valence-electron chi connectivity index (χ0n) is 32.6. The number of hydrogen-bond acceptors (Lipinski definition) is 14. The van der Waals surface area contributed by atoms with Gasteiger partial charge >= 0.3 is 23.9 Å². The van der Waals surface area contributed by atoms with Crippen molar-refractivity contribution in [2.24, 2.45) is 23.3 Å². The molecule has 0 aromatic carbocycles. The number of amides is 2. The number of H-pyrrole nitrogens is 1. The van der Waals surface area contributed by atoms with Crippen molar-refractivity contribution in [1.82, 2.24) is 25.9 Å². The Balaban J connectivity index is 2.47. The molecule has 12 N–H and O–H groups in total. The van der Waals surface area contributed by atoms with Crippen LogP contribution in [0.2, 0.25) is 0 Å². The third kappa shape index (κ3) is 21.2. The number of carbonyl (C=O) groups is 10. The summed E-state index contributed by atoms with van der Waals surface area (Å²) in [5, 5.41) is 45.3. The second kappa shape index (κ2) is 27.3. The molecule has 0 saturated carbocycles. The SMILES string of the molecule is CCC(=O)[C@H](CCCCNC(=O)CC[C@H](CC(=O)CC[C@H](NC(=O)CC[C@H](CC(=O)CC[C@H](N)C(=O)O)C(=O)O)C(=O)O)C(=O)O)NCC(=O)[C@@H](N)Cc1cnc[nH]1. The Labute approximate surface area is 334 Å². The Morgan fingerprint density at radius 1 is 0.672 bits per heavy atom. The number of nitrogens with one attached hydrogen (secondary N) is 4. The number of nitrogens with zero attached hydrogens (tertiary/aromatic N) is 1. The number of aromatic nitrogens is 2. The summed E-state index contributed by atoms with van der Waals surface area (Å²) in [4.78, 5) is 127. The van der Waals surface area contributed by atoms with Crippen LogP contribution in [0.4, 0.5) is 0 Å². The molecule has 1 aromatic heterocycles. The highest BCUT2D eigenvalue weighted by molar-refractivity contribution is 5.89. The lowest BCUT2D eigenvalue weighted by Gasteiger charge is -2.18. The minimum absolute atomic E-state index is 0.0791. The molecule has 21 heteroatoms. The summed E-state index contributed by atoms with van der Waals surface area (Å²) in [6.45, 7) is 1.85. The van der Waals surface area contributed by atoms with E-state index in [2.05, 4.69) is 25.9 Å². The molecule has 1 heterocycles. The number of carboxylic acid groups (broad SMARTS) is 4. The Kier molecular flexibility index (Phi) is 23.8. The van der Waals surface area contributed by atoms with Gasteiger partial charge in [-0.25, -0.2) is 9.78 Å². The summed E-state index contributed by atoms with van der Waals surface area (Å²) in [5.74, 6) is -10.9. The maximum absolute atomic E-state index is 12.6. The average molecular weight is 824 g/mol. The largest absolute Gasteiger partial charge is 0.481 e. The van der Waals surface area contributed by atoms with Gasteiger partial charge in [0.05, 0.1) is 36.8 Å². The number of carboxylic acids is 4. The maximum atomic E-state index is 12.6. The lowest BCUT2D eigenvalue weighted by atomic mass is 9.94. The van der Waals surface area contributed by atoms with Gasteiger partial charge in [-0.15, -0.1) is 0 Å². The molecule has 0 spiro atoms. The molecule has 324 valence electrons. The number of carbonyl (C=O) groups excluding carboxylic acids is 6. The molecule has 1 aromatic rings. The molecule has 0 fully saturated rings. The molecule has 2 amide bonds. The molecule has 0 aliphatic carbocycles. The van der Waals surface area contributed by atoms with Crippen molar-refractivity contribution in [3.63, 3.8) is 0 Å². The molecule has 58 heavy (non-hydrogen) atoms. The van der Waals surface area contributed by atoms with Gasteiger partial charge in [-0.1, -0.05) is 6.92 Å². The second-order valence-corrected chi connectivity index (χ2v) is 14.1. The predicted molar refractivity (Wildman–Crippen MR) is 203 cm³/mol. The van der Waals surface area contributed by atoms with E-state index in [4.69, 9.17) is 16.6 Å². The summed E-state index contributed by atoms with van der Waals surface area (Å²) < 4.78 is 0. The smallest absolute Gasteiger partial charge is 0.326 e. The van der Waals surface area contributed by atoms with Crippen molar-refractivity contribution in [2.45, 2.75) is 127 Å². The van der Waals surface area contributed by atoms with Crippen LogP contribution < -0.4 is 27.4 Å². The standard InChI is InChI=1S/C37H57N7O14/c1-2-30(47)28(42-19-31(48)27(39)17-23-18-40-20-43-23)5-3-4-14-41-32(49)12-6-21(34(51)52)16-25(46)9-11-29(37(57)58)44-33(50)13-7-22(35(53)54)15-24(45)8-10-26(38)36(55)56/h18,20-22,26-29,42H,2-17,19,38-39H2,1H3,(H,40,43)(H,41,49)(H,44,50)(H,51,52)(H,53,54)(H,55,56)(H,57,58)/t21-,22-,26+,27+,28+,29+/m1/s1. The lowest BCUT2D eigenvalue weighted by molar-refractivity contribution is -0.145. The number of ketones is 4. The first-order valence-electron chi connectivity index (χ1n) is 19.1. The third-order valence-electron chi connectivity index (χ3n) is 9.39. The minimum Gasteiger partial charge on any atom is -0.481 e. The van der Waals surface area contributed by atoms with Crippen LogP contribution in [0.5, 0.6) is 0 Å². The quantitative estimate of drug-likeness (QED) is 0.0391. The number of imidazole rings is 1. The molecule has 0 radical (unpaired) electrons. The van der Waals surface area contributed by atoms with Gasteiger partial charge in [-0.05, 0) is 44.9 Å². The van der Waals surface area contributed by atoms with Crippen LogP contribution in [0.1, 0.15) is 103 Å². The van der Waals surface area contributed by atoms with Crippen LogP contribution >= 0.6 is 0 Å². The highest BCUT2D eigenvalue weighted by Gasteiger charge is 2.28. The number of Topliss-reactive ketones (excluding diaryl/α,β-unsaturated/α-hetero) is 4. The molecule has 0 bridgehead atoms. The molecule has 1 rings (SSSR count). The van der Waals surface area contributed by atoms with Gasteiger partial charge in [0, 0.05) is 69.8 Å². The Morgan fingerprint density at radius 3 is 1.78 bits per heavy atom. The molecule has 6 atom stereocenters. The highest BCUT2D eigenvalue weighted by Crippen LogP contribution is 2.17. The minimum atomic E-state index is -1.56. The van der Waals surface area contributed by atoms with E-state index in [9.17, 15) is 63.3 Å². The molecular weight excluding hydrogens is 766 g/mol. The Hall–Kier alpha value is -5.41. The van der Waals surface area contributed by atoms with E-state index in [-0.39, 0.29) is 69.6 Å². The molecular formula is C37H57N7O14. The van der Waals surface area contributed by atoms with E-state index < -0.39 is 115 Å². The summed E-state index contributed by atoms with van der Waals surface area (Å²) in [6.07, 6.45) is 1.53. The molecule has 0 aliphatic rings. The van der Waals surface area contributed by atoms with E-state index in [1.54, 1.807) is 13.1 Å². The van der Waals surface area contributed by atoms with E-state index >= 15 is 0 Å². The van der Waals surface area contributed by atoms with E-state index in [1.807, 2.05) is 0 Å². The number of aromatic amines is 1. The van der Waals surface area contributed by atoms with Crippen LogP contribution in [-0.4, -0.2) is 126 Å². The number of unbranched alkanes of at least 4 members (excludes halogenated alkanes) is 1. The number of rotatable bonds is 34. The van der Waals surface area contributed by atoms with Crippen molar-refractivity contribution < 1.29 is 68.4 Å². The molecule has 0 saturated heterocycles. The summed E-state index contributed by atoms with van der Waals surface area (Å²) >= 11 is 0. The van der Waals surface area contributed by atoms with Gasteiger partial charge in [0.15, 0.2) is 5.78 Å². The molecule has 0 aliphatic heterocycles. The predicted octanol–water partition coefficient (Wildman–Crippen LogP) is -0.505. The number of nitrogens with two attached hydrogens (primary N) is 2. The van der Waals surface area contributed by atoms with Gasteiger partial charge in [0.1, 0.15) is 29.4 Å². The normalized spacial score (nSPS) is 14.2. The molecule has 21 nitrogen and oxygen atoms in total. The van der Waals surface area contributed by atoms with Gasteiger partial charge in [0.25, 0.3) is 0 Å². The second-order valence-electron chi connectivity index (χ2n) is 14.1. The van der Waals surface area contributed by atoms with Crippen molar-refractivity contribution in [1.29, 1.82) is 0 Å². The van der Waals surface area contributed by atoms with Gasteiger partial charge in [0.2, 0.25) is 11.8 Å². The summed E-state index contributed by atoms with van der Waals surface area (Å²) in [6, 6.07) is -4.21. The van der Waals surface area contributed by atoms with Gasteiger partial charge in [-0.2, -0.15) is 0 Å². The third-order valence-corrected chi connectivity index (χ3v) is 9.39. The summed E-state index contributed by atoms with van der Waals surface area (Å²) in [5.41, 5.74) is 12.0. The van der Waals surface area contributed by atoms with Crippen molar-refractivity contribution >= 4 is 58.8 Å². The van der Waals surface area contributed by atoms with Gasteiger partial charge < -0.3 is 52.8 Å². The fourth-order valence-electron chi connectivity index (χ4n) is 5.77. The van der Waals surface area contributed by atoms with Crippen molar-refractivity contribution in [3.05, 3.63) is 18.2 Å². The molecule has 0 unspecified atom stereocenters. The van der Waals surface area contributed by atoms with Crippen LogP contribution in [0.15, 0.2) is 12.5 Å². The first-order chi connectivity index (χ1) is 27.3. The zero-order valence-corrected chi connectivity index (χ0v) is 32.6. The topological polar surface area (TPSA) is 368 Å². The van der Waals surface area contributed by atoms with Crippen molar-refractivity contribution in [2.75, 3.05) is 13.1 Å². The maximum Gasteiger partial charge on any atom is 0.326 e. The lowest BCUT2D eigenvalue weighted by Crippen LogP contribution is -2.45. The first-order valence-corrected chi connectivity index (χ1v) is 19.1. The van der Waals surface area contributed by atoms with E-state index in [0.717, 1.165) is 0 Å². The monoisotopic (exact) mass is 823 g/mol. The van der Waals surface area contributed by atoms with E-state index in [0.29, 0.717) is 25.0 Å². The van der Waals surface area contributed by atoms with E-state index in [1.165, 1.54) is 6.33 Å². The Bertz CT molecular complexity index is 1570. The fourth-order valence-corrected chi connectivity index (χ4v) is 5.77. The van der Waals surface area contributed by atoms with Crippen LogP contribution in [0, 0.1) is 11.8 Å². The van der Waals surface area contributed by atoms with Crippen LogP contribution in [0.25, 0.3) is 0 Å². The number of aliphatic carboxylic acids is 4. The van der Waals surface area contributed by atoms with Crippen LogP contribution in [0.3, 0.4) is 0 Å². The average Bonchev–Trinajstić information content (AvgIpc) is 3.68. The number of hydrogen-bond donors (Lipinski definition) is 10. The van der Waals surface area contributed by atoms with Crippen LogP contribution in [-0.2, 0) is 54.4 Å².